The van der Waals surface area contributed by atoms with Crippen LogP contribution in [0.1, 0.15) is 24.2 Å². The number of hydrogen-bond donors (Lipinski definition) is 0. The number of benzene rings is 1. The summed E-state index contributed by atoms with van der Waals surface area (Å²) >= 11 is 0. The van der Waals surface area contributed by atoms with Crippen molar-refractivity contribution in [3.8, 4) is 0 Å². The summed E-state index contributed by atoms with van der Waals surface area (Å²) in [6, 6.07) is 9.16. The minimum absolute atomic E-state index is 0.209. The number of carbonyl (C=O) groups excluding carboxylic acids is 1. The van der Waals surface area contributed by atoms with E-state index in [4.69, 9.17) is 4.52 Å². The molecule has 0 aliphatic heterocycles. The molecule has 1 aromatic rings. The molecule has 0 atom stereocenters. The maximum atomic E-state index is 12.0. The summed E-state index contributed by atoms with van der Waals surface area (Å²) in [7, 11) is 0. The van der Waals surface area contributed by atoms with Crippen molar-refractivity contribution < 1.29 is 9.32 Å². The van der Waals surface area contributed by atoms with Crippen molar-refractivity contribution >= 4 is 12.8 Å². The molecule has 0 bridgehead atoms. The third-order valence-electron chi connectivity index (χ3n) is 3.18. The molecule has 0 aliphatic carbocycles. The normalized spacial score (nSPS) is 14.2. The average Bonchev–Trinajstić information content (AvgIpc) is 2.17. The van der Waals surface area contributed by atoms with Crippen molar-refractivity contribution in [2.24, 2.45) is 0 Å². The Hall–Kier alpha value is -0.880. The van der Waals surface area contributed by atoms with Gasteiger partial charge >= 0.3 is 97.5 Å². The number of rotatable bonds is 3. The molecule has 1 aromatic carbocycles. The van der Waals surface area contributed by atoms with Gasteiger partial charge in [-0.2, -0.15) is 0 Å². The fourth-order valence-corrected chi connectivity index (χ4v) is 1.94. The Morgan fingerprint density at radius 1 is 1.12 bits per heavy atom. The van der Waals surface area contributed by atoms with E-state index in [-0.39, 0.29) is 5.97 Å². The van der Waals surface area contributed by atoms with Crippen LogP contribution in [-0.4, -0.2) is 31.6 Å². The van der Waals surface area contributed by atoms with Gasteiger partial charge in [0.2, 0.25) is 0 Å². The molecule has 0 heterocycles. The Kier molecular flexibility index (Phi) is 3.44. The van der Waals surface area contributed by atoms with Gasteiger partial charge in [-0.05, 0) is 0 Å². The van der Waals surface area contributed by atoms with E-state index in [0.717, 1.165) is 0 Å². The van der Waals surface area contributed by atoms with Crippen LogP contribution in [0, 0.1) is 0 Å². The molecule has 16 heavy (non-hydrogen) atoms. The van der Waals surface area contributed by atoms with Gasteiger partial charge in [-0.3, -0.25) is 0 Å². The Balaban J connectivity index is 2.88. The van der Waals surface area contributed by atoms with Crippen LogP contribution in [0.15, 0.2) is 30.3 Å². The van der Waals surface area contributed by atoms with Gasteiger partial charge in [-0.25, -0.2) is 0 Å². The molecule has 2 nitrogen and oxygen atoms in total. The van der Waals surface area contributed by atoms with E-state index < -0.39 is 6.83 Å². The second kappa shape index (κ2) is 4.18. The first-order chi connectivity index (χ1) is 7.21. The molecule has 0 radical (unpaired) electrons. The van der Waals surface area contributed by atoms with Crippen LogP contribution >= 0.6 is 6.83 Å². The molecule has 90 valence electrons. The predicted octanol–water partition coefficient (Wildman–Crippen LogP) is 3.61. The van der Waals surface area contributed by atoms with Gasteiger partial charge in [0, 0.05) is 0 Å². The fourth-order valence-electron chi connectivity index (χ4n) is 1.03. The Labute approximate surface area is 98.0 Å². The molecule has 0 fully saturated rings. The molecule has 0 saturated carbocycles. The SMILES string of the molecule is CC(C)P(C)(C)(C)OC(=O)c1ccccc1. The summed E-state index contributed by atoms with van der Waals surface area (Å²) in [6.07, 6.45) is 0. The van der Waals surface area contributed by atoms with Crippen molar-refractivity contribution in [1.29, 1.82) is 0 Å². The van der Waals surface area contributed by atoms with E-state index >= 15 is 0 Å². The van der Waals surface area contributed by atoms with E-state index in [1.54, 1.807) is 12.1 Å². The Bertz CT molecular complexity index is 374. The molecule has 0 unspecified atom stereocenters. The fraction of sp³-hybridized carbons (Fsp3) is 0.462. The predicted molar refractivity (Wildman–Crippen MR) is 71.7 cm³/mol. The molecule has 0 saturated heterocycles. The summed E-state index contributed by atoms with van der Waals surface area (Å²) in [5.74, 6) is -0.209. The number of carbonyl (C=O) groups is 1. The van der Waals surface area contributed by atoms with Gasteiger partial charge in [0.05, 0.1) is 0 Å². The van der Waals surface area contributed by atoms with Crippen molar-refractivity contribution in [2.75, 3.05) is 20.0 Å². The summed E-state index contributed by atoms with van der Waals surface area (Å²) in [4.78, 5) is 12.0. The minimum atomic E-state index is -2.35. The topological polar surface area (TPSA) is 26.3 Å². The first kappa shape index (κ1) is 13.2. The molecule has 1 rings (SSSR count). The summed E-state index contributed by atoms with van der Waals surface area (Å²) in [5, 5.41) is 0. The van der Waals surface area contributed by atoms with Crippen LogP contribution in [0.25, 0.3) is 0 Å². The van der Waals surface area contributed by atoms with Crippen LogP contribution in [0.5, 0.6) is 0 Å². The first-order valence-corrected chi connectivity index (χ1v) is 9.07. The standard InChI is InChI=1S/C13H21O2P/c1-11(2)16(3,4,5)15-13(14)12-9-7-6-8-10-12/h6-11H,1-5H3. The van der Waals surface area contributed by atoms with E-state index in [1.807, 2.05) is 18.2 Å². The third kappa shape index (κ3) is 3.05. The molecular weight excluding hydrogens is 219 g/mol. The Morgan fingerprint density at radius 3 is 2.06 bits per heavy atom. The van der Waals surface area contributed by atoms with Gasteiger partial charge < -0.3 is 0 Å². The zero-order chi connectivity index (χ0) is 12.4. The third-order valence-corrected chi connectivity index (χ3v) is 7.52. The second-order valence-electron chi connectivity index (χ2n) is 5.61. The molecule has 0 amide bonds. The molecule has 0 spiro atoms. The summed E-state index contributed by atoms with van der Waals surface area (Å²) < 4.78 is 5.76. The second-order valence-corrected chi connectivity index (χ2v) is 12.4. The van der Waals surface area contributed by atoms with Gasteiger partial charge in [-0.1, -0.05) is 0 Å². The van der Waals surface area contributed by atoms with Gasteiger partial charge in [-0.15, -0.1) is 0 Å². The van der Waals surface area contributed by atoms with E-state index in [9.17, 15) is 4.79 Å². The monoisotopic (exact) mass is 240 g/mol. The van der Waals surface area contributed by atoms with Crippen LogP contribution in [-0.2, 0) is 4.52 Å². The summed E-state index contributed by atoms with van der Waals surface area (Å²) in [6.45, 7) is 8.11. The van der Waals surface area contributed by atoms with Crippen LogP contribution in [0.2, 0.25) is 0 Å². The average molecular weight is 240 g/mol. The Morgan fingerprint density at radius 2 is 1.62 bits per heavy atom. The van der Waals surface area contributed by atoms with Crippen molar-refractivity contribution in [1.82, 2.24) is 0 Å². The summed E-state index contributed by atoms with van der Waals surface area (Å²) in [5.41, 5.74) is 1.00. The molecule has 0 N–H and O–H groups in total. The van der Waals surface area contributed by atoms with E-state index in [1.165, 1.54) is 0 Å². The first-order valence-electron chi connectivity index (χ1n) is 5.51. The van der Waals surface area contributed by atoms with Crippen molar-refractivity contribution in [2.45, 2.75) is 19.5 Å². The molecule has 0 aromatic heterocycles. The zero-order valence-corrected chi connectivity index (χ0v) is 11.6. The maximum absolute atomic E-state index is 12.0. The van der Waals surface area contributed by atoms with Crippen molar-refractivity contribution in [3.05, 3.63) is 35.9 Å². The van der Waals surface area contributed by atoms with Gasteiger partial charge in [0.1, 0.15) is 0 Å². The molecular formula is C13H21O2P. The van der Waals surface area contributed by atoms with Crippen LogP contribution < -0.4 is 0 Å². The van der Waals surface area contributed by atoms with Gasteiger partial charge in [0.25, 0.3) is 0 Å². The molecule has 0 aliphatic rings. The van der Waals surface area contributed by atoms with Gasteiger partial charge in [0.15, 0.2) is 0 Å². The quantitative estimate of drug-likeness (QED) is 0.754. The van der Waals surface area contributed by atoms with E-state index in [0.29, 0.717) is 11.2 Å². The molecule has 3 heteroatoms. The van der Waals surface area contributed by atoms with Crippen LogP contribution in [0.3, 0.4) is 0 Å². The van der Waals surface area contributed by atoms with E-state index in [2.05, 4.69) is 33.8 Å². The number of hydrogen-bond acceptors (Lipinski definition) is 2. The zero-order valence-electron chi connectivity index (χ0n) is 10.7. The van der Waals surface area contributed by atoms with Crippen molar-refractivity contribution in [3.63, 3.8) is 0 Å². The van der Waals surface area contributed by atoms with Crippen LogP contribution in [0.4, 0.5) is 0 Å².